The Morgan fingerprint density at radius 2 is 2.18 bits per heavy atom. The summed E-state index contributed by atoms with van der Waals surface area (Å²) in [4.78, 5) is 13.5. The molecule has 0 radical (unpaired) electrons. The zero-order valence-electron chi connectivity index (χ0n) is 10.0. The van der Waals surface area contributed by atoms with Crippen LogP contribution in [0.2, 0.25) is 0 Å². The van der Waals surface area contributed by atoms with Gasteiger partial charge >= 0.3 is 0 Å². The van der Waals surface area contributed by atoms with Crippen LogP contribution in [0.4, 0.5) is 0 Å². The fourth-order valence-electron chi connectivity index (χ4n) is 1.55. The predicted molar refractivity (Wildman–Crippen MR) is 63.3 cm³/mol. The molecule has 0 atom stereocenters. The molecule has 5 nitrogen and oxygen atoms in total. The number of hydrogen-bond acceptors (Lipinski definition) is 4. The fraction of sp³-hybridized carbons (Fsp3) is 0.417. The quantitative estimate of drug-likeness (QED) is 0.799. The van der Waals surface area contributed by atoms with E-state index < -0.39 is 0 Å². The summed E-state index contributed by atoms with van der Waals surface area (Å²) in [5.41, 5.74) is 0.180. The first-order valence-electron chi connectivity index (χ1n) is 5.41. The molecule has 0 heterocycles. The number of benzene rings is 1. The topological polar surface area (TPSA) is 70.0 Å². The molecule has 0 bridgehead atoms. The van der Waals surface area contributed by atoms with Gasteiger partial charge in [0.05, 0.1) is 19.3 Å². The van der Waals surface area contributed by atoms with E-state index in [4.69, 9.17) is 9.84 Å². The number of aromatic hydroxyl groups is 1. The van der Waals surface area contributed by atoms with Crippen LogP contribution in [-0.2, 0) is 0 Å². The van der Waals surface area contributed by atoms with Gasteiger partial charge in [0.25, 0.3) is 5.91 Å². The summed E-state index contributed by atoms with van der Waals surface area (Å²) in [6, 6.07) is 4.74. The van der Waals surface area contributed by atoms with Crippen molar-refractivity contribution in [1.82, 2.24) is 4.90 Å². The van der Waals surface area contributed by atoms with Crippen molar-refractivity contribution in [3.05, 3.63) is 23.8 Å². The van der Waals surface area contributed by atoms with Crippen LogP contribution in [0, 0.1) is 0 Å². The highest BCUT2D eigenvalue weighted by Gasteiger charge is 2.19. The lowest BCUT2D eigenvalue weighted by molar-refractivity contribution is 0.0728. The molecule has 17 heavy (non-hydrogen) atoms. The van der Waals surface area contributed by atoms with Crippen molar-refractivity contribution in [2.75, 3.05) is 26.8 Å². The van der Waals surface area contributed by atoms with Crippen LogP contribution in [0.3, 0.4) is 0 Å². The lowest BCUT2D eigenvalue weighted by Gasteiger charge is -2.20. The Balaban J connectivity index is 3.02. The first-order valence-corrected chi connectivity index (χ1v) is 5.41. The molecule has 1 aromatic carbocycles. The van der Waals surface area contributed by atoms with Crippen LogP contribution >= 0.6 is 0 Å². The molecular formula is C12H17NO4. The average Bonchev–Trinajstić information content (AvgIpc) is 2.35. The maximum absolute atomic E-state index is 12.1. The van der Waals surface area contributed by atoms with Gasteiger partial charge in [0.2, 0.25) is 0 Å². The first kappa shape index (κ1) is 13.3. The highest BCUT2D eigenvalue weighted by molar-refractivity contribution is 5.97. The molecule has 1 aromatic rings. The molecule has 5 heteroatoms. The van der Waals surface area contributed by atoms with E-state index >= 15 is 0 Å². The average molecular weight is 239 g/mol. The number of hydrogen-bond donors (Lipinski definition) is 2. The van der Waals surface area contributed by atoms with Crippen LogP contribution in [0.5, 0.6) is 11.5 Å². The Morgan fingerprint density at radius 3 is 2.71 bits per heavy atom. The number of amides is 1. The third-order valence-electron chi connectivity index (χ3n) is 2.49. The molecule has 0 aliphatic heterocycles. The summed E-state index contributed by atoms with van der Waals surface area (Å²) in [5, 5.41) is 18.7. The van der Waals surface area contributed by atoms with Crippen LogP contribution in [-0.4, -0.2) is 47.8 Å². The molecule has 0 spiro atoms. The van der Waals surface area contributed by atoms with Gasteiger partial charge in [-0.15, -0.1) is 0 Å². The Kier molecular flexibility index (Phi) is 4.78. The SMILES string of the molecule is CCN(CCO)C(=O)c1cccc(OC)c1O. The highest BCUT2D eigenvalue weighted by atomic mass is 16.5. The lowest BCUT2D eigenvalue weighted by Crippen LogP contribution is -2.33. The number of ether oxygens (including phenoxy) is 1. The molecule has 0 aliphatic carbocycles. The van der Waals surface area contributed by atoms with E-state index in [0.29, 0.717) is 6.54 Å². The number of likely N-dealkylation sites (N-methyl/N-ethyl adjacent to an activating group) is 1. The third-order valence-corrected chi connectivity index (χ3v) is 2.49. The van der Waals surface area contributed by atoms with Gasteiger partial charge in [-0.1, -0.05) is 6.07 Å². The summed E-state index contributed by atoms with van der Waals surface area (Å²) in [7, 11) is 1.43. The molecule has 0 saturated carbocycles. The Hall–Kier alpha value is -1.75. The summed E-state index contributed by atoms with van der Waals surface area (Å²) in [6.45, 7) is 2.41. The van der Waals surface area contributed by atoms with E-state index in [1.54, 1.807) is 12.1 Å². The second-order valence-corrected chi connectivity index (χ2v) is 3.46. The van der Waals surface area contributed by atoms with Gasteiger partial charge in [0, 0.05) is 13.1 Å². The molecular weight excluding hydrogens is 222 g/mol. The summed E-state index contributed by atoms with van der Waals surface area (Å²) in [5.74, 6) is -0.231. The molecule has 0 unspecified atom stereocenters. The number of phenolic OH excluding ortho intramolecular Hbond substituents is 1. The minimum Gasteiger partial charge on any atom is -0.504 e. The van der Waals surface area contributed by atoms with Crippen molar-refractivity contribution in [1.29, 1.82) is 0 Å². The second kappa shape index (κ2) is 6.10. The van der Waals surface area contributed by atoms with E-state index in [1.165, 1.54) is 18.1 Å². The van der Waals surface area contributed by atoms with Gasteiger partial charge in [-0.3, -0.25) is 4.79 Å². The minimum absolute atomic E-state index is 0.107. The summed E-state index contributed by atoms with van der Waals surface area (Å²) >= 11 is 0. The van der Waals surface area contributed by atoms with Crippen molar-refractivity contribution in [2.45, 2.75) is 6.92 Å². The van der Waals surface area contributed by atoms with E-state index in [2.05, 4.69) is 0 Å². The number of methoxy groups -OCH3 is 1. The Labute approximate surface area is 100 Å². The fourth-order valence-corrected chi connectivity index (χ4v) is 1.55. The van der Waals surface area contributed by atoms with Gasteiger partial charge in [0.15, 0.2) is 11.5 Å². The minimum atomic E-state index is -0.321. The van der Waals surface area contributed by atoms with Crippen LogP contribution < -0.4 is 4.74 Å². The van der Waals surface area contributed by atoms with Crippen molar-refractivity contribution >= 4 is 5.91 Å². The number of nitrogens with zero attached hydrogens (tertiary/aromatic N) is 1. The number of aliphatic hydroxyl groups is 1. The van der Waals surface area contributed by atoms with Gasteiger partial charge in [-0.2, -0.15) is 0 Å². The smallest absolute Gasteiger partial charge is 0.257 e. The molecule has 2 N–H and O–H groups in total. The number of rotatable bonds is 5. The lowest BCUT2D eigenvalue weighted by atomic mass is 10.1. The second-order valence-electron chi connectivity index (χ2n) is 3.46. The maximum Gasteiger partial charge on any atom is 0.257 e. The number of carbonyl (C=O) groups excluding carboxylic acids is 1. The van der Waals surface area contributed by atoms with Crippen molar-refractivity contribution < 1.29 is 19.7 Å². The molecule has 0 aromatic heterocycles. The Morgan fingerprint density at radius 1 is 1.47 bits per heavy atom. The highest BCUT2D eigenvalue weighted by Crippen LogP contribution is 2.30. The maximum atomic E-state index is 12.1. The van der Waals surface area contributed by atoms with Crippen LogP contribution in [0.1, 0.15) is 17.3 Å². The molecule has 0 aliphatic rings. The van der Waals surface area contributed by atoms with Gasteiger partial charge < -0.3 is 19.8 Å². The van der Waals surface area contributed by atoms with Gasteiger partial charge in [-0.05, 0) is 19.1 Å². The van der Waals surface area contributed by atoms with Crippen molar-refractivity contribution in [2.24, 2.45) is 0 Å². The zero-order valence-corrected chi connectivity index (χ0v) is 10.0. The third kappa shape index (κ3) is 2.88. The van der Waals surface area contributed by atoms with E-state index in [9.17, 15) is 9.90 Å². The van der Waals surface area contributed by atoms with Crippen LogP contribution in [0.15, 0.2) is 18.2 Å². The number of phenols is 1. The molecule has 1 amide bonds. The summed E-state index contributed by atoms with van der Waals surface area (Å²) < 4.78 is 4.94. The van der Waals surface area contributed by atoms with Gasteiger partial charge in [-0.25, -0.2) is 0 Å². The van der Waals surface area contributed by atoms with Crippen molar-refractivity contribution in [3.8, 4) is 11.5 Å². The normalized spacial score (nSPS) is 10.1. The van der Waals surface area contributed by atoms with E-state index in [0.717, 1.165) is 0 Å². The van der Waals surface area contributed by atoms with Crippen LogP contribution in [0.25, 0.3) is 0 Å². The zero-order chi connectivity index (χ0) is 12.8. The predicted octanol–water partition coefficient (Wildman–Crippen LogP) is 0.855. The largest absolute Gasteiger partial charge is 0.504 e. The number of para-hydroxylation sites is 1. The van der Waals surface area contributed by atoms with E-state index in [1.807, 2.05) is 6.92 Å². The molecule has 94 valence electrons. The van der Waals surface area contributed by atoms with E-state index in [-0.39, 0.29) is 36.1 Å². The first-order chi connectivity index (χ1) is 8.15. The molecule has 0 saturated heterocycles. The Bertz CT molecular complexity index is 392. The number of aliphatic hydroxyl groups excluding tert-OH is 1. The number of carbonyl (C=O) groups is 1. The van der Waals surface area contributed by atoms with Crippen molar-refractivity contribution in [3.63, 3.8) is 0 Å². The van der Waals surface area contributed by atoms with Gasteiger partial charge in [0.1, 0.15) is 0 Å². The molecule has 1 rings (SSSR count). The monoisotopic (exact) mass is 239 g/mol. The summed E-state index contributed by atoms with van der Waals surface area (Å²) in [6.07, 6.45) is 0. The molecule has 0 fully saturated rings. The standard InChI is InChI=1S/C12H17NO4/c1-3-13(7-8-14)12(16)9-5-4-6-10(17-2)11(9)15/h4-6,14-15H,3,7-8H2,1-2H3.